The predicted octanol–water partition coefficient (Wildman–Crippen LogP) is 3.13. The SMILES string of the molecule is CCCCOc1cc(Cl)c(C(=O)O)cc1[N+](=O)[O-]. The number of nitro benzene ring substituents is 1. The molecule has 0 aliphatic carbocycles. The van der Waals surface area contributed by atoms with Gasteiger partial charge in [-0.1, -0.05) is 24.9 Å². The Morgan fingerprint density at radius 3 is 2.72 bits per heavy atom. The number of unbranched alkanes of at least 4 members (excludes halogenated alkanes) is 1. The Morgan fingerprint density at radius 2 is 2.22 bits per heavy atom. The lowest BCUT2D eigenvalue weighted by Gasteiger charge is -2.08. The van der Waals surface area contributed by atoms with E-state index >= 15 is 0 Å². The summed E-state index contributed by atoms with van der Waals surface area (Å²) in [6, 6.07) is 2.07. The minimum absolute atomic E-state index is 0.0107. The van der Waals surface area contributed by atoms with Crippen molar-refractivity contribution in [1.29, 1.82) is 0 Å². The number of hydrogen-bond acceptors (Lipinski definition) is 4. The fourth-order valence-corrected chi connectivity index (χ4v) is 1.53. The number of rotatable bonds is 6. The predicted molar refractivity (Wildman–Crippen MR) is 65.5 cm³/mol. The van der Waals surface area contributed by atoms with Crippen LogP contribution in [0.4, 0.5) is 5.69 Å². The summed E-state index contributed by atoms with van der Waals surface area (Å²) in [6.07, 6.45) is 1.63. The molecule has 0 amide bonds. The van der Waals surface area contributed by atoms with Crippen molar-refractivity contribution in [3.05, 3.63) is 32.8 Å². The number of aromatic carboxylic acids is 1. The van der Waals surface area contributed by atoms with Crippen LogP contribution in [0.3, 0.4) is 0 Å². The van der Waals surface area contributed by atoms with Gasteiger partial charge in [-0.05, 0) is 6.42 Å². The van der Waals surface area contributed by atoms with Gasteiger partial charge in [0.15, 0.2) is 5.75 Å². The van der Waals surface area contributed by atoms with Crippen LogP contribution in [0.25, 0.3) is 0 Å². The molecule has 1 aromatic rings. The molecule has 0 aromatic heterocycles. The Kier molecular flexibility index (Phi) is 4.91. The van der Waals surface area contributed by atoms with Gasteiger partial charge in [0, 0.05) is 12.1 Å². The number of carboxylic acid groups (broad SMARTS) is 1. The Labute approximate surface area is 108 Å². The van der Waals surface area contributed by atoms with Crippen molar-refractivity contribution in [1.82, 2.24) is 0 Å². The van der Waals surface area contributed by atoms with E-state index in [1.807, 2.05) is 6.92 Å². The molecule has 0 fully saturated rings. The first kappa shape index (κ1) is 14.2. The van der Waals surface area contributed by atoms with Crippen LogP contribution in [-0.2, 0) is 0 Å². The van der Waals surface area contributed by atoms with Crippen molar-refractivity contribution in [3.63, 3.8) is 0 Å². The molecule has 98 valence electrons. The second-order valence-corrected chi connectivity index (χ2v) is 3.97. The first-order valence-electron chi connectivity index (χ1n) is 5.31. The van der Waals surface area contributed by atoms with E-state index in [4.69, 9.17) is 21.4 Å². The lowest BCUT2D eigenvalue weighted by Crippen LogP contribution is -2.04. The lowest BCUT2D eigenvalue weighted by molar-refractivity contribution is -0.385. The molecule has 0 atom stereocenters. The van der Waals surface area contributed by atoms with Gasteiger partial charge in [-0.2, -0.15) is 0 Å². The van der Waals surface area contributed by atoms with E-state index < -0.39 is 16.6 Å². The third-order valence-corrected chi connectivity index (χ3v) is 2.54. The molecule has 0 unspecified atom stereocenters. The highest BCUT2D eigenvalue weighted by Gasteiger charge is 2.21. The summed E-state index contributed by atoms with van der Waals surface area (Å²) in [4.78, 5) is 21.0. The lowest BCUT2D eigenvalue weighted by atomic mass is 10.2. The van der Waals surface area contributed by atoms with E-state index in [2.05, 4.69) is 0 Å². The largest absolute Gasteiger partial charge is 0.487 e. The molecule has 0 aliphatic heterocycles. The molecule has 1 rings (SSSR count). The Bertz CT molecular complexity index is 475. The van der Waals surface area contributed by atoms with Crippen LogP contribution in [0.15, 0.2) is 12.1 Å². The van der Waals surface area contributed by atoms with Gasteiger partial charge < -0.3 is 9.84 Å². The zero-order valence-corrected chi connectivity index (χ0v) is 10.4. The van der Waals surface area contributed by atoms with Crippen molar-refractivity contribution in [2.75, 3.05) is 6.61 Å². The Balaban J connectivity index is 3.12. The van der Waals surface area contributed by atoms with Crippen LogP contribution in [0.2, 0.25) is 5.02 Å². The molecule has 0 aliphatic rings. The van der Waals surface area contributed by atoms with Crippen LogP contribution in [0, 0.1) is 10.1 Å². The number of benzene rings is 1. The highest BCUT2D eigenvalue weighted by Crippen LogP contribution is 2.33. The molecular formula is C11H12ClNO5. The molecule has 18 heavy (non-hydrogen) atoms. The summed E-state index contributed by atoms with van der Waals surface area (Å²) in [5.74, 6) is -1.33. The maximum Gasteiger partial charge on any atom is 0.337 e. The molecule has 0 heterocycles. The van der Waals surface area contributed by atoms with Gasteiger partial charge in [0.1, 0.15) is 0 Å². The third kappa shape index (κ3) is 3.33. The molecule has 6 nitrogen and oxygen atoms in total. The van der Waals surface area contributed by atoms with Gasteiger partial charge in [0.25, 0.3) is 0 Å². The maximum atomic E-state index is 10.8. The number of nitro groups is 1. The summed E-state index contributed by atoms with van der Waals surface area (Å²) in [5.41, 5.74) is -0.709. The fraction of sp³-hybridized carbons (Fsp3) is 0.364. The van der Waals surface area contributed by atoms with E-state index in [0.29, 0.717) is 6.61 Å². The van der Waals surface area contributed by atoms with Gasteiger partial charge in [0.05, 0.1) is 22.1 Å². The highest BCUT2D eigenvalue weighted by molar-refractivity contribution is 6.33. The van der Waals surface area contributed by atoms with E-state index in [0.717, 1.165) is 18.9 Å². The van der Waals surface area contributed by atoms with Crippen molar-refractivity contribution in [2.24, 2.45) is 0 Å². The van der Waals surface area contributed by atoms with Crippen LogP contribution in [0.5, 0.6) is 5.75 Å². The number of halogens is 1. The topological polar surface area (TPSA) is 89.7 Å². The second-order valence-electron chi connectivity index (χ2n) is 3.56. The van der Waals surface area contributed by atoms with Gasteiger partial charge >= 0.3 is 11.7 Å². The summed E-state index contributed by atoms with van der Waals surface area (Å²) in [6.45, 7) is 2.28. The third-order valence-electron chi connectivity index (χ3n) is 2.23. The number of ether oxygens (including phenoxy) is 1. The second kappa shape index (κ2) is 6.20. The number of carboxylic acids is 1. The minimum Gasteiger partial charge on any atom is -0.487 e. The molecule has 0 saturated heterocycles. The zero-order valence-electron chi connectivity index (χ0n) is 9.68. The van der Waals surface area contributed by atoms with E-state index in [-0.39, 0.29) is 16.3 Å². The van der Waals surface area contributed by atoms with Gasteiger partial charge in [-0.25, -0.2) is 4.79 Å². The Morgan fingerprint density at radius 1 is 1.56 bits per heavy atom. The molecule has 1 aromatic carbocycles. The van der Waals surface area contributed by atoms with Crippen LogP contribution in [0.1, 0.15) is 30.1 Å². The van der Waals surface area contributed by atoms with Crippen molar-refractivity contribution in [2.45, 2.75) is 19.8 Å². The van der Waals surface area contributed by atoms with Crippen LogP contribution in [-0.4, -0.2) is 22.6 Å². The molecule has 0 bridgehead atoms. The molecule has 0 saturated carbocycles. The standard InChI is InChI=1S/C11H12ClNO5/c1-2-3-4-18-10-6-8(12)7(11(14)15)5-9(10)13(16)17/h5-6H,2-4H2,1H3,(H,14,15). The smallest absolute Gasteiger partial charge is 0.337 e. The van der Waals surface area contributed by atoms with Crippen LogP contribution < -0.4 is 4.74 Å². The zero-order chi connectivity index (χ0) is 13.7. The number of carbonyl (C=O) groups is 1. The number of nitrogens with zero attached hydrogens (tertiary/aromatic N) is 1. The van der Waals surface area contributed by atoms with Gasteiger partial charge in [0.2, 0.25) is 0 Å². The normalized spacial score (nSPS) is 10.1. The summed E-state index contributed by atoms with van der Waals surface area (Å²) >= 11 is 5.73. The van der Waals surface area contributed by atoms with E-state index in [9.17, 15) is 14.9 Å². The summed E-state index contributed by atoms with van der Waals surface area (Å²) in [5, 5.41) is 19.6. The van der Waals surface area contributed by atoms with Crippen molar-refractivity contribution in [3.8, 4) is 5.75 Å². The molecule has 0 spiro atoms. The summed E-state index contributed by atoms with van der Waals surface area (Å²) < 4.78 is 5.24. The van der Waals surface area contributed by atoms with Gasteiger partial charge in [-0.15, -0.1) is 0 Å². The quantitative estimate of drug-likeness (QED) is 0.488. The first-order valence-corrected chi connectivity index (χ1v) is 5.69. The highest BCUT2D eigenvalue weighted by atomic mass is 35.5. The van der Waals surface area contributed by atoms with Gasteiger partial charge in [-0.3, -0.25) is 10.1 Å². The van der Waals surface area contributed by atoms with Crippen molar-refractivity contribution < 1.29 is 19.6 Å². The first-order chi connectivity index (χ1) is 8.47. The minimum atomic E-state index is -1.32. The average molecular weight is 274 g/mol. The van der Waals surface area contributed by atoms with E-state index in [1.54, 1.807) is 0 Å². The van der Waals surface area contributed by atoms with E-state index in [1.165, 1.54) is 6.07 Å². The summed E-state index contributed by atoms with van der Waals surface area (Å²) in [7, 11) is 0. The molecule has 1 N–H and O–H groups in total. The Hall–Kier alpha value is -1.82. The fourth-order valence-electron chi connectivity index (χ4n) is 1.29. The van der Waals surface area contributed by atoms with Crippen LogP contribution >= 0.6 is 11.6 Å². The molecule has 0 radical (unpaired) electrons. The molecular weight excluding hydrogens is 262 g/mol. The number of hydrogen-bond donors (Lipinski definition) is 1. The average Bonchev–Trinajstić information content (AvgIpc) is 2.28. The van der Waals surface area contributed by atoms with Crippen molar-refractivity contribution >= 4 is 23.3 Å². The monoisotopic (exact) mass is 273 g/mol. The maximum absolute atomic E-state index is 10.8. The molecule has 7 heteroatoms.